The smallest absolute Gasteiger partial charge is 0.255 e. The first-order chi connectivity index (χ1) is 9.12. The first-order valence-electron chi connectivity index (χ1n) is 6.39. The molecule has 1 unspecified atom stereocenters. The topological polar surface area (TPSA) is 48.4 Å². The molecule has 1 rings (SSSR count). The SMILES string of the molecule is CCC(NC)c1ccc(N(CCO)CC(F)F)cn1. The van der Waals surface area contributed by atoms with Gasteiger partial charge in [-0.2, -0.15) is 0 Å². The van der Waals surface area contributed by atoms with E-state index in [-0.39, 0.29) is 19.2 Å². The van der Waals surface area contributed by atoms with Crippen LogP contribution in [0.3, 0.4) is 0 Å². The summed E-state index contributed by atoms with van der Waals surface area (Å²) in [5.41, 5.74) is 1.49. The van der Waals surface area contributed by atoms with Crippen molar-refractivity contribution in [2.75, 3.05) is 31.6 Å². The molecule has 0 aromatic carbocycles. The van der Waals surface area contributed by atoms with Gasteiger partial charge in [0.2, 0.25) is 0 Å². The molecule has 1 atom stereocenters. The van der Waals surface area contributed by atoms with Crippen LogP contribution in [0.5, 0.6) is 0 Å². The zero-order valence-corrected chi connectivity index (χ0v) is 11.3. The number of aliphatic hydroxyl groups is 1. The fourth-order valence-corrected chi connectivity index (χ4v) is 1.96. The van der Waals surface area contributed by atoms with Crippen molar-refractivity contribution in [1.29, 1.82) is 0 Å². The number of pyridine rings is 1. The number of aliphatic hydroxyl groups excluding tert-OH is 1. The summed E-state index contributed by atoms with van der Waals surface area (Å²) in [6.45, 7) is 1.66. The van der Waals surface area contributed by atoms with Crippen molar-refractivity contribution in [1.82, 2.24) is 10.3 Å². The highest BCUT2D eigenvalue weighted by Gasteiger charge is 2.14. The number of aromatic nitrogens is 1. The lowest BCUT2D eigenvalue weighted by Crippen LogP contribution is -2.31. The van der Waals surface area contributed by atoms with Gasteiger partial charge in [0.25, 0.3) is 6.43 Å². The molecule has 0 fully saturated rings. The Kier molecular flexibility index (Phi) is 6.66. The molecule has 0 amide bonds. The van der Waals surface area contributed by atoms with Gasteiger partial charge in [0, 0.05) is 12.6 Å². The quantitative estimate of drug-likeness (QED) is 0.758. The Hall–Kier alpha value is -1.27. The Bertz CT molecular complexity index is 355. The second-order valence-corrected chi connectivity index (χ2v) is 4.25. The Morgan fingerprint density at radius 2 is 2.16 bits per heavy atom. The van der Waals surface area contributed by atoms with Gasteiger partial charge in [0.05, 0.1) is 30.7 Å². The molecular weight excluding hydrogens is 252 g/mol. The molecule has 1 aromatic rings. The molecule has 0 saturated heterocycles. The minimum Gasteiger partial charge on any atom is -0.395 e. The number of nitrogens with one attached hydrogen (secondary N) is 1. The van der Waals surface area contributed by atoms with Crippen molar-refractivity contribution in [2.24, 2.45) is 0 Å². The minimum absolute atomic E-state index is 0.162. The number of alkyl halides is 2. The van der Waals surface area contributed by atoms with Gasteiger partial charge < -0.3 is 15.3 Å². The second-order valence-electron chi connectivity index (χ2n) is 4.25. The molecule has 4 nitrogen and oxygen atoms in total. The van der Waals surface area contributed by atoms with Crippen molar-refractivity contribution in [3.8, 4) is 0 Å². The minimum atomic E-state index is -2.44. The summed E-state index contributed by atoms with van der Waals surface area (Å²) >= 11 is 0. The maximum Gasteiger partial charge on any atom is 0.255 e. The van der Waals surface area contributed by atoms with Crippen LogP contribution in [-0.2, 0) is 0 Å². The second kappa shape index (κ2) is 8.01. The van der Waals surface area contributed by atoms with Crippen molar-refractivity contribution >= 4 is 5.69 Å². The van der Waals surface area contributed by atoms with E-state index < -0.39 is 13.0 Å². The molecule has 1 heterocycles. The third kappa shape index (κ3) is 4.72. The van der Waals surface area contributed by atoms with E-state index in [9.17, 15) is 8.78 Å². The molecule has 0 radical (unpaired) electrons. The predicted molar refractivity (Wildman–Crippen MR) is 71.6 cm³/mol. The third-order valence-corrected chi connectivity index (χ3v) is 2.98. The van der Waals surface area contributed by atoms with Gasteiger partial charge in [-0.15, -0.1) is 0 Å². The average molecular weight is 273 g/mol. The Morgan fingerprint density at radius 1 is 1.42 bits per heavy atom. The normalized spacial score (nSPS) is 12.7. The third-order valence-electron chi connectivity index (χ3n) is 2.98. The van der Waals surface area contributed by atoms with Crippen molar-refractivity contribution in [3.63, 3.8) is 0 Å². The number of hydrogen-bond acceptors (Lipinski definition) is 4. The van der Waals surface area contributed by atoms with Gasteiger partial charge in [-0.25, -0.2) is 8.78 Å². The first-order valence-corrected chi connectivity index (χ1v) is 6.39. The molecule has 108 valence electrons. The fraction of sp³-hybridized carbons (Fsp3) is 0.615. The molecule has 2 N–H and O–H groups in total. The van der Waals surface area contributed by atoms with E-state index in [2.05, 4.69) is 10.3 Å². The maximum atomic E-state index is 12.5. The van der Waals surface area contributed by atoms with Crippen molar-refractivity contribution in [3.05, 3.63) is 24.0 Å². The molecule has 0 spiro atoms. The Morgan fingerprint density at radius 3 is 2.58 bits per heavy atom. The van der Waals surface area contributed by atoms with Gasteiger partial charge in [0.15, 0.2) is 0 Å². The fourth-order valence-electron chi connectivity index (χ4n) is 1.96. The van der Waals surface area contributed by atoms with Crippen LogP contribution in [0.2, 0.25) is 0 Å². The van der Waals surface area contributed by atoms with Crippen LogP contribution in [0.25, 0.3) is 0 Å². The number of halogens is 2. The Labute approximate surface area is 112 Å². The van der Waals surface area contributed by atoms with Gasteiger partial charge in [-0.05, 0) is 25.6 Å². The monoisotopic (exact) mass is 273 g/mol. The van der Waals surface area contributed by atoms with E-state index in [4.69, 9.17) is 5.11 Å². The lowest BCUT2D eigenvalue weighted by atomic mass is 10.1. The van der Waals surface area contributed by atoms with Gasteiger partial charge >= 0.3 is 0 Å². The zero-order valence-electron chi connectivity index (χ0n) is 11.3. The van der Waals surface area contributed by atoms with Crippen LogP contribution in [0.15, 0.2) is 18.3 Å². The first kappa shape index (κ1) is 15.8. The van der Waals surface area contributed by atoms with E-state index in [1.54, 1.807) is 12.3 Å². The van der Waals surface area contributed by atoms with E-state index in [0.29, 0.717) is 5.69 Å². The summed E-state index contributed by atoms with van der Waals surface area (Å²) in [6, 6.07) is 3.76. The van der Waals surface area contributed by atoms with E-state index in [1.165, 1.54) is 4.90 Å². The standard InChI is InChI=1S/C13H21F2N3O/c1-3-11(16-2)12-5-4-10(8-17-12)18(6-7-19)9-13(14)15/h4-5,8,11,13,16,19H,3,6-7,9H2,1-2H3. The van der Waals surface area contributed by atoms with E-state index in [1.807, 2.05) is 20.0 Å². The van der Waals surface area contributed by atoms with E-state index >= 15 is 0 Å². The van der Waals surface area contributed by atoms with Gasteiger partial charge in [0.1, 0.15) is 0 Å². The van der Waals surface area contributed by atoms with Crippen LogP contribution in [0.4, 0.5) is 14.5 Å². The number of anilines is 1. The number of rotatable bonds is 8. The lowest BCUT2D eigenvalue weighted by Gasteiger charge is -2.23. The molecule has 0 aliphatic rings. The van der Waals surface area contributed by atoms with Crippen LogP contribution in [-0.4, -0.2) is 43.3 Å². The molecule has 1 aromatic heterocycles. The summed E-state index contributed by atoms with van der Waals surface area (Å²) in [7, 11) is 1.86. The number of hydrogen-bond donors (Lipinski definition) is 2. The highest BCUT2D eigenvalue weighted by Crippen LogP contribution is 2.19. The summed E-state index contributed by atoms with van der Waals surface area (Å²) < 4.78 is 24.9. The Balaban J connectivity index is 2.82. The summed E-state index contributed by atoms with van der Waals surface area (Å²) in [4.78, 5) is 5.73. The molecule has 0 bridgehead atoms. The van der Waals surface area contributed by atoms with Gasteiger partial charge in [-0.3, -0.25) is 4.98 Å². The van der Waals surface area contributed by atoms with Crippen LogP contribution >= 0.6 is 0 Å². The molecule has 0 aliphatic heterocycles. The molecule has 6 heteroatoms. The lowest BCUT2D eigenvalue weighted by molar-refractivity contribution is 0.153. The summed E-state index contributed by atoms with van der Waals surface area (Å²) in [5.74, 6) is 0. The van der Waals surface area contributed by atoms with Crippen LogP contribution in [0.1, 0.15) is 25.1 Å². The number of nitrogens with zero attached hydrogens (tertiary/aromatic N) is 2. The van der Waals surface area contributed by atoms with Crippen LogP contribution in [0, 0.1) is 0 Å². The zero-order chi connectivity index (χ0) is 14.3. The van der Waals surface area contributed by atoms with Crippen LogP contribution < -0.4 is 10.2 Å². The summed E-state index contributed by atoms with van der Waals surface area (Å²) in [5, 5.41) is 12.1. The average Bonchev–Trinajstić information content (AvgIpc) is 2.40. The predicted octanol–water partition coefficient (Wildman–Crippen LogP) is 1.82. The largest absolute Gasteiger partial charge is 0.395 e. The highest BCUT2D eigenvalue weighted by atomic mass is 19.3. The molecule has 19 heavy (non-hydrogen) atoms. The van der Waals surface area contributed by atoms with E-state index in [0.717, 1.165) is 12.1 Å². The summed E-state index contributed by atoms with van der Waals surface area (Å²) in [6.07, 6.45) is 0.0417. The molecule has 0 saturated carbocycles. The highest BCUT2D eigenvalue weighted by molar-refractivity contribution is 5.44. The molecule has 0 aliphatic carbocycles. The van der Waals surface area contributed by atoms with Crippen molar-refractivity contribution in [2.45, 2.75) is 25.8 Å². The van der Waals surface area contributed by atoms with Gasteiger partial charge in [-0.1, -0.05) is 6.92 Å². The molecular formula is C13H21F2N3O. The van der Waals surface area contributed by atoms with Crippen molar-refractivity contribution < 1.29 is 13.9 Å². The maximum absolute atomic E-state index is 12.5.